The molecule has 2 heteroatoms. The minimum Gasteiger partial charge on any atom is -0.399 e. The SMILES string of the molecule is CN(Cc1ccc2c(c1)CCC2)c1cccc(N)c1. The molecule has 98 valence electrons. The number of hydrogen-bond acceptors (Lipinski definition) is 2. The number of nitrogen functional groups attached to an aromatic ring is 1. The lowest BCUT2D eigenvalue weighted by atomic mass is 10.1. The van der Waals surface area contributed by atoms with E-state index in [2.05, 4.69) is 36.2 Å². The van der Waals surface area contributed by atoms with Gasteiger partial charge in [0.05, 0.1) is 0 Å². The number of rotatable bonds is 3. The predicted octanol–water partition coefficient (Wildman–Crippen LogP) is 3.39. The van der Waals surface area contributed by atoms with Crippen LogP contribution in [-0.2, 0) is 19.4 Å². The minimum absolute atomic E-state index is 0.818. The van der Waals surface area contributed by atoms with Gasteiger partial charge in [0, 0.05) is 25.0 Å². The Labute approximate surface area is 114 Å². The fraction of sp³-hybridized carbons (Fsp3) is 0.294. The standard InChI is InChI=1S/C17H20N2/c1-19(17-7-3-6-16(18)11-17)12-13-8-9-14-4-2-5-15(14)10-13/h3,6-11H,2,4-5,12,18H2,1H3. The molecule has 0 amide bonds. The Hall–Kier alpha value is -1.96. The van der Waals surface area contributed by atoms with Crippen LogP contribution in [0.2, 0.25) is 0 Å². The number of aryl methyl sites for hydroxylation is 2. The third kappa shape index (κ3) is 2.58. The summed E-state index contributed by atoms with van der Waals surface area (Å²) in [5, 5.41) is 0. The van der Waals surface area contributed by atoms with Gasteiger partial charge in [-0.2, -0.15) is 0 Å². The van der Waals surface area contributed by atoms with Gasteiger partial charge in [0.2, 0.25) is 0 Å². The molecule has 19 heavy (non-hydrogen) atoms. The first-order chi connectivity index (χ1) is 9.22. The number of nitrogens with zero attached hydrogens (tertiary/aromatic N) is 1. The van der Waals surface area contributed by atoms with Gasteiger partial charge in [-0.25, -0.2) is 0 Å². The van der Waals surface area contributed by atoms with Gasteiger partial charge in [-0.3, -0.25) is 0 Å². The van der Waals surface area contributed by atoms with E-state index in [9.17, 15) is 0 Å². The topological polar surface area (TPSA) is 29.3 Å². The first kappa shape index (κ1) is 12.1. The molecule has 0 unspecified atom stereocenters. The monoisotopic (exact) mass is 252 g/mol. The fourth-order valence-corrected chi connectivity index (χ4v) is 2.85. The average Bonchev–Trinajstić information content (AvgIpc) is 2.86. The van der Waals surface area contributed by atoms with Crippen LogP contribution in [-0.4, -0.2) is 7.05 Å². The molecular formula is C17H20N2. The summed E-state index contributed by atoms with van der Waals surface area (Å²) in [4.78, 5) is 2.24. The Morgan fingerprint density at radius 3 is 2.74 bits per heavy atom. The van der Waals surface area contributed by atoms with Crippen molar-refractivity contribution >= 4 is 11.4 Å². The van der Waals surface area contributed by atoms with Crippen molar-refractivity contribution in [2.75, 3.05) is 17.7 Å². The summed E-state index contributed by atoms with van der Waals surface area (Å²) in [5.41, 5.74) is 12.3. The largest absolute Gasteiger partial charge is 0.399 e. The lowest BCUT2D eigenvalue weighted by Crippen LogP contribution is -2.16. The predicted molar refractivity (Wildman–Crippen MR) is 81.4 cm³/mol. The second-order valence-electron chi connectivity index (χ2n) is 5.41. The Morgan fingerprint density at radius 2 is 1.89 bits per heavy atom. The van der Waals surface area contributed by atoms with Crippen LogP contribution in [0.15, 0.2) is 42.5 Å². The highest BCUT2D eigenvalue weighted by Crippen LogP contribution is 2.24. The highest BCUT2D eigenvalue weighted by molar-refractivity contribution is 5.55. The first-order valence-electron chi connectivity index (χ1n) is 6.90. The Bertz CT molecular complexity index is 590. The summed E-state index contributed by atoms with van der Waals surface area (Å²) in [7, 11) is 2.11. The van der Waals surface area contributed by atoms with Crippen molar-refractivity contribution in [3.63, 3.8) is 0 Å². The smallest absolute Gasteiger partial charge is 0.0426 e. The molecule has 0 saturated heterocycles. The molecule has 0 radical (unpaired) electrons. The molecule has 2 nitrogen and oxygen atoms in total. The zero-order valence-corrected chi connectivity index (χ0v) is 11.4. The maximum atomic E-state index is 5.84. The number of benzene rings is 2. The van der Waals surface area contributed by atoms with Gasteiger partial charge in [-0.05, 0) is 54.2 Å². The summed E-state index contributed by atoms with van der Waals surface area (Å²) in [6, 6.07) is 15.0. The van der Waals surface area contributed by atoms with E-state index in [4.69, 9.17) is 5.73 Å². The van der Waals surface area contributed by atoms with Crippen molar-refractivity contribution in [1.82, 2.24) is 0 Å². The van der Waals surface area contributed by atoms with Crippen LogP contribution in [0.4, 0.5) is 11.4 Å². The van der Waals surface area contributed by atoms with Crippen LogP contribution in [0.5, 0.6) is 0 Å². The highest BCUT2D eigenvalue weighted by Gasteiger charge is 2.11. The second-order valence-corrected chi connectivity index (χ2v) is 5.41. The quantitative estimate of drug-likeness (QED) is 0.848. The van der Waals surface area contributed by atoms with Crippen LogP contribution in [0.25, 0.3) is 0 Å². The van der Waals surface area contributed by atoms with E-state index < -0.39 is 0 Å². The minimum atomic E-state index is 0.818. The van der Waals surface area contributed by atoms with Crippen molar-refractivity contribution in [1.29, 1.82) is 0 Å². The van der Waals surface area contributed by atoms with Crippen molar-refractivity contribution in [2.24, 2.45) is 0 Å². The number of hydrogen-bond donors (Lipinski definition) is 1. The highest BCUT2D eigenvalue weighted by atomic mass is 15.1. The zero-order valence-electron chi connectivity index (χ0n) is 11.4. The summed E-state index contributed by atoms with van der Waals surface area (Å²) in [6.45, 7) is 0.927. The van der Waals surface area contributed by atoms with Crippen LogP contribution in [0.1, 0.15) is 23.1 Å². The third-order valence-corrected chi connectivity index (χ3v) is 3.89. The molecule has 0 heterocycles. The van der Waals surface area contributed by atoms with Crippen molar-refractivity contribution in [3.05, 3.63) is 59.2 Å². The molecule has 0 aromatic heterocycles. The number of anilines is 2. The van der Waals surface area contributed by atoms with E-state index in [0.29, 0.717) is 0 Å². The molecule has 0 bridgehead atoms. The van der Waals surface area contributed by atoms with E-state index in [1.165, 1.54) is 36.1 Å². The normalized spacial score (nSPS) is 13.3. The number of nitrogens with two attached hydrogens (primary N) is 1. The third-order valence-electron chi connectivity index (χ3n) is 3.89. The molecule has 0 spiro atoms. The lowest BCUT2D eigenvalue weighted by Gasteiger charge is -2.20. The summed E-state index contributed by atoms with van der Waals surface area (Å²) < 4.78 is 0. The van der Waals surface area contributed by atoms with Crippen molar-refractivity contribution < 1.29 is 0 Å². The van der Waals surface area contributed by atoms with E-state index in [1.807, 2.05) is 18.2 Å². The molecule has 0 aliphatic heterocycles. The molecule has 3 rings (SSSR count). The molecule has 1 aliphatic carbocycles. The molecular weight excluding hydrogens is 232 g/mol. The van der Waals surface area contributed by atoms with Crippen LogP contribution < -0.4 is 10.6 Å². The van der Waals surface area contributed by atoms with E-state index in [0.717, 1.165) is 12.2 Å². The van der Waals surface area contributed by atoms with E-state index >= 15 is 0 Å². The molecule has 2 aromatic rings. The number of fused-ring (bicyclic) bond motifs is 1. The first-order valence-corrected chi connectivity index (χ1v) is 6.90. The summed E-state index contributed by atoms with van der Waals surface area (Å²) >= 11 is 0. The molecule has 2 N–H and O–H groups in total. The van der Waals surface area contributed by atoms with Crippen LogP contribution in [0, 0.1) is 0 Å². The van der Waals surface area contributed by atoms with Gasteiger partial charge in [-0.1, -0.05) is 24.3 Å². The molecule has 0 fully saturated rings. The van der Waals surface area contributed by atoms with Crippen molar-refractivity contribution in [2.45, 2.75) is 25.8 Å². The van der Waals surface area contributed by atoms with Crippen LogP contribution >= 0.6 is 0 Å². The van der Waals surface area contributed by atoms with Gasteiger partial charge in [-0.15, -0.1) is 0 Å². The molecule has 1 aliphatic rings. The summed E-state index contributed by atoms with van der Waals surface area (Å²) in [5.74, 6) is 0. The fourth-order valence-electron chi connectivity index (χ4n) is 2.85. The van der Waals surface area contributed by atoms with Gasteiger partial charge in [0.25, 0.3) is 0 Å². The maximum Gasteiger partial charge on any atom is 0.0426 e. The maximum absolute atomic E-state index is 5.84. The van der Waals surface area contributed by atoms with E-state index in [-0.39, 0.29) is 0 Å². The molecule has 0 atom stereocenters. The van der Waals surface area contributed by atoms with Gasteiger partial charge in [0.15, 0.2) is 0 Å². The zero-order chi connectivity index (χ0) is 13.2. The van der Waals surface area contributed by atoms with Gasteiger partial charge in [0.1, 0.15) is 0 Å². The average molecular weight is 252 g/mol. The van der Waals surface area contributed by atoms with E-state index in [1.54, 1.807) is 5.56 Å². The summed E-state index contributed by atoms with van der Waals surface area (Å²) in [6.07, 6.45) is 3.80. The second kappa shape index (κ2) is 4.96. The Balaban J connectivity index is 1.77. The Kier molecular flexibility index (Phi) is 3.16. The Morgan fingerprint density at radius 1 is 1.05 bits per heavy atom. The molecule has 2 aromatic carbocycles. The van der Waals surface area contributed by atoms with Crippen molar-refractivity contribution in [3.8, 4) is 0 Å². The van der Waals surface area contributed by atoms with Gasteiger partial charge >= 0.3 is 0 Å². The van der Waals surface area contributed by atoms with Crippen LogP contribution in [0.3, 0.4) is 0 Å². The lowest BCUT2D eigenvalue weighted by molar-refractivity contribution is 0.907. The van der Waals surface area contributed by atoms with Gasteiger partial charge < -0.3 is 10.6 Å². The molecule has 0 saturated carbocycles.